The highest BCUT2D eigenvalue weighted by atomic mass is 16.5. The Morgan fingerprint density at radius 3 is 2.62 bits per heavy atom. The van der Waals surface area contributed by atoms with Crippen LogP contribution in [-0.2, 0) is 9.53 Å². The lowest BCUT2D eigenvalue weighted by Crippen LogP contribution is -2.45. The highest BCUT2D eigenvalue weighted by Gasteiger charge is 2.50. The maximum atomic E-state index is 12.1. The van der Waals surface area contributed by atoms with Gasteiger partial charge in [-0.05, 0) is 31.6 Å². The van der Waals surface area contributed by atoms with Gasteiger partial charge in [-0.3, -0.25) is 4.79 Å². The molecule has 2 heteroatoms. The van der Waals surface area contributed by atoms with Gasteiger partial charge in [0, 0.05) is 0 Å². The molecule has 1 aliphatic carbocycles. The van der Waals surface area contributed by atoms with Crippen LogP contribution in [0.3, 0.4) is 0 Å². The van der Waals surface area contributed by atoms with Crippen molar-refractivity contribution in [3.8, 4) is 0 Å². The van der Waals surface area contributed by atoms with Gasteiger partial charge in [0.1, 0.15) is 0 Å². The molecule has 0 radical (unpaired) electrons. The zero-order chi connectivity index (χ0) is 12.4. The Labute approximate surface area is 98.4 Å². The second-order valence-electron chi connectivity index (χ2n) is 5.25. The minimum Gasteiger partial charge on any atom is -0.469 e. The van der Waals surface area contributed by atoms with E-state index in [1.165, 1.54) is 12.7 Å². The Kier molecular flexibility index (Phi) is 3.61. The van der Waals surface area contributed by atoms with Gasteiger partial charge in [0.05, 0.1) is 12.5 Å². The van der Waals surface area contributed by atoms with Crippen LogP contribution in [0, 0.1) is 10.8 Å². The van der Waals surface area contributed by atoms with E-state index in [1.54, 1.807) is 0 Å². The van der Waals surface area contributed by atoms with Crippen molar-refractivity contribution in [2.45, 2.75) is 40.0 Å². The molecule has 1 unspecified atom stereocenters. The van der Waals surface area contributed by atoms with Gasteiger partial charge in [-0.2, -0.15) is 0 Å². The lowest BCUT2D eigenvalue weighted by atomic mass is 9.59. The summed E-state index contributed by atoms with van der Waals surface area (Å²) in [6.45, 7) is 10.1. The zero-order valence-electron chi connectivity index (χ0n) is 10.8. The highest BCUT2D eigenvalue weighted by Crippen LogP contribution is 2.50. The summed E-state index contributed by atoms with van der Waals surface area (Å²) in [6, 6.07) is 0. The number of ether oxygens (including phenoxy) is 1. The molecule has 0 aromatic carbocycles. The Hall–Kier alpha value is -1.05. The number of carbonyl (C=O) groups is 1. The molecule has 1 aliphatic rings. The number of carbonyl (C=O) groups excluding carboxylic acids is 1. The molecular formula is C14H22O2. The SMILES string of the molecule is C=CC(C)(C)C1(C(=O)OC)CC=C(C)CC1. The molecule has 0 fully saturated rings. The van der Waals surface area contributed by atoms with Crippen molar-refractivity contribution in [2.75, 3.05) is 7.11 Å². The number of hydrogen-bond donors (Lipinski definition) is 0. The van der Waals surface area contributed by atoms with Gasteiger partial charge in [0.2, 0.25) is 0 Å². The minimum atomic E-state index is -0.441. The summed E-state index contributed by atoms with van der Waals surface area (Å²) in [5.41, 5.74) is 0.680. The molecule has 90 valence electrons. The second-order valence-corrected chi connectivity index (χ2v) is 5.25. The third-order valence-electron chi connectivity index (χ3n) is 4.06. The van der Waals surface area contributed by atoms with Crippen molar-refractivity contribution in [1.29, 1.82) is 0 Å². The molecule has 0 aromatic rings. The first-order chi connectivity index (χ1) is 7.39. The van der Waals surface area contributed by atoms with Crippen LogP contribution in [0.2, 0.25) is 0 Å². The lowest BCUT2D eigenvalue weighted by Gasteiger charge is -2.44. The molecule has 0 bridgehead atoms. The third-order valence-corrected chi connectivity index (χ3v) is 4.06. The summed E-state index contributed by atoms with van der Waals surface area (Å²) in [4.78, 5) is 12.1. The van der Waals surface area contributed by atoms with Gasteiger partial charge in [-0.25, -0.2) is 0 Å². The standard InChI is InChI=1S/C14H22O2/c1-6-13(3,4)14(12(15)16-5)9-7-11(2)8-10-14/h6-7H,1,8-10H2,2-5H3. The van der Waals surface area contributed by atoms with Gasteiger partial charge in [-0.1, -0.05) is 31.6 Å². The number of esters is 1. The fourth-order valence-electron chi connectivity index (χ4n) is 2.39. The molecule has 0 heterocycles. The maximum absolute atomic E-state index is 12.1. The van der Waals surface area contributed by atoms with Gasteiger partial charge >= 0.3 is 5.97 Å². The normalized spacial score (nSPS) is 25.9. The van der Waals surface area contributed by atoms with Gasteiger partial charge < -0.3 is 4.74 Å². The summed E-state index contributed by atoms with van der Waals surface area (Å²) in [5.74, 6) is -0.110. The van der Waals surface area contributed by atoms with Crippen molar-refractivity contribution in [2.24, 2.45) is 10.8 Å². The molecule has 0 aromatic heterocycles. The van der Waals surface area contributed by atoms with Crippen LogP contribution in [-0.4, -0.2) is 13.1 Å². The molecule has 0 amide bonds. The van der Waals surface area contributed by atoms with E-state index in [1.807, 2.05) is 6.08 Å². The van der Waals surface area contributed by atoms with Crippen molar-refractivity contribution in [3.05, 3.63) is 24.3 Å². The predicted octanol–water partition coefficient (Wildman–Crippen LogP) is 3.49. The number of hydrogen-bond acceptors (Lipinski definition) is 2. The largest absolute Gasteiger partial charge is 0.469 e. The van der Waals surface area contributed by atoms with E-state index >= 15 is 0 Å². The van der Waals surface area contributed by atoms with Crippen LogP contribution in [0.25, 0.3) is 0 Å². The van der Waals surface area contributed by atoms with Gasteiger partial charge in [-0.15, -0.1) is 6.58 Å². The maximum Gasteiger partial charge on any atom is 0.312 e. The first-order valence-corrected chi connectivity index (χ1v) is 5.77. The van der Waals surface area contributed by atoms with Crippen molar-refractivity contribution in [1.82, 2.24) is 0 Å². The van der Waals surface area contributed by atoms with Crippen molar-refractivity contribution in [3.63, 3.8) is 0 Å². The average molecular weight is 222 g/mol. The molecule has 2 nitrogen and oxygen atoms in total. The summed E-state index contributed by atoms with van der Waals surface area (Å²) in [5, 5.41) is 0. The summed E-state index contributed by atoms with van der Waals surface area (Å²) >= 11 is 0. The lowest BCUT2D eigenvalue weighted by molar-refractivity contribution is -0.159. The second kappa shape index (κ2) is 4.44. The minimum absolute atomic E-state index is 0.110. The molecule has 16 heavy (non-hydrogen) atoms. The summed E-state index contributed by atoms with van der Waals surface area (Å²) in [6.07, 6.45) is 6.60. The molecule has 0 spiro atoms. The average Bonchev–Trinajstić information content (AvgIpc) is 2.29. The molecular weight excluding hydrogens is 200 g/mol. The van der Waals surface area contributed by atoms with Crippen molar-refractivity contribution < 1.29 is 9.53 Å². The van der Waals surface area contributed by atoms with Crippen molar-refractivity contribution >= 4 is 5.97 Å². The fourth-order valence-corrected chi connectivity index (χ4v) is 2.39. The summed E-state index contributed by atoms with van der Waals surface area (Å²) in [7, 11) is 1.47. The smallest absolute Gasteiger partial charge is 0.312 e. The van der Waals surface area contributed by atoms with Crippen LogP contribution < -0.4 is 0 Å². The predicted molar refractivity (Wildman–Crippen MR) is 66.0 cm³/mol. The van der Waals surface area contributed by atoms with E-state index in [4.69, 9.17) is 4.74 Å². The van der Waals surface area contributed by atoms with E-state index in [2.05, 4.69) is 33.4 Å². The molecule has 0 saturated carbocycles. The summed E-state index contributed by atoms with van der Waals surface area (Å²) < 4.78 is 5.00. The number of rotatable bonds is 3. The van der Waals surface area contributed by atoms with E-state index in [9.17, 15) is 4.79 Å². The molecule has 0 aliphatic heterocycles. The number of methoxy groups -OCH3 is 1. The van der Waals surface area contributed by atoms with Crippen LogP contribution in [0.15, 0.2) is 24.3 Å². The van der Waals surface area contributed by atoms with Gasteiger partial charge in [0.25, 0.3) is 0 Å². The first-order valence-electron chi connectivity index (χ1n) is 5.77. The van der Waals surface area contributed by atoms with Crippen LogP contribution >= 0.6 is 0 Å². The highest BCUT2D eigenvalue weighted by molar-refractivity contribution is 5.78. The Morgan fingerprint density at radius 1 is 1.62 bits per heavy atom. The monoisotopic (exact) mass is 222 g/mol. The van der Waals surface area contributed by atoms with E-state index in [0.29, 0.717) is 0 Å². The molecule has 0 saturated heterocycles. The van der Waals surface area contributed by atoms with Crippen LogP contribution in [0.5, 0.6) is 0 Å². The van der Waals surface area contributed by atoms with Gasteiger partial charge in [0.15, 0.2) is 0 Å². The quantitative estimate of drug-likeness (QED) is 0.539. The fraction of sp³-hybridized carbons (Fsp3) is 0.643. The van der Waals surface area contributed by atoms with E-state index < -0.39 is 5.41 Å². The van der Waals surface area contributed by atoms with Crippen LogP contribution in [0.1, 0.15) is 40.0 Å². The zero-order valence-corrected chi connectivity index (χ0v) is 10.8. The first kappa shape index (κ1) is 13.0. The topological polar surface area (TPSA) is 26.3 Å². The molecule has 1 atom stereocenters. The number of allylic oxidation sites excluding steroid dienone is 3. The molecule has 1 rings (SSSR count). The molecule has 0 N–H and O–H groups in total. The Bertz CT molecular complexity index is 326. The Balaban J connectivity index is 3.14. The Morgan fingerprint density at radius 2 is 2.25 bits per heavy atom. The van der Waals surface area contributed by atoms with Crippen LogP contribution in [0.4, 0.5) is 0 Å². The van der Waals surface area contributed by atoms with E-state index in [0.717, 1.165) is 19.3 Å². The third kappa shape index (κ3) is 1.93. The van der Waals surface area contributed by atoms with E-state index in [-0.39, 0.29) is 11.4 Å².